The van der Waals surface area contributed by atoms with Crippen molar-refractivity contribution in [3.8, 4) is 0 Å². The van der Waals surface area contributed by atoms with Gasteiger partial charge in [-0.3, -0.25) is 4.98 Å². The molecular weight excluding hydrogens is 238 g/mol. The molecule has 0 amide bonds. The predicted octanol–water partition coefficient (Wildman–Crippen LogP) is 2.49. The topological polar surface area (TPSA) is 38.2 Å². The molecule has 1 aromatic heterocycles. The molecule has 0 aromatic carbocycles. The van der Waals surface area contributed by atoms with Crippen LogP contribution in [0.2, 0.25) is 0 Å². The summed E-state index contributed by atoms with van der Waals surface area (Å²) in [6.07, 6.45) is 7.30. The zero-order valence-corrected chi connectivity index (χ0v) is 11.9. The van der Waals surface area contributed by atoms with Gasteiger partial charge in [-0.15, -0.1) is 0 Å². The van der Waals surface area contributed by atoms with Gasteiger partial charge >= 0.3 is 0 Å². The Morgan fingerprint density at radius 3 is 2.95 bits per heavy atom. The third-order valence-corrected chi connectivity index (χ3v) is 3.99. The highest BCUT2D eigenvalue weighted by atomic mass is 16.5. The van der Waals surface area contributed by atoms with Crippen molar-refractivity contribution >= 4 is 5.82 Å². The van der Waals surface area contributed by atoms with Gasteiger partial charge in [0, 0.05) is 25.9 Å². The lowest BCUT2D eigenvalue weighted by Crippen LogP contribution is -2.41. The summed E-state index contributed by atoms with van der Waals surface area (Å²) in [6.45, 7) is 7.03. The Labute approximate surface area is 115 Å². The highest BCUT2D eigenvalue weighted by Gasteiger charge is 2.26. The van der Waals surface area contributed by atoms with Crippen LogP contribution in [-0.4, -0.2) is 35.8 Å². The van der Waals surface area contributed by atoms with E-state index in [0.29, 0.717) is 6.10 Å². The van der Waals surface area contributed by atoms with Gasteiger partial charge in [-0.2, -0.15) is 0 Å². The smallest absolute Gasteiger partial charge is 0.150 e. The molecule has 1 aromatic rings. The second kappa shape index (κ2) is 5.45. The molecule has 0 radical (unpaired) electrons. The van der Waals surface area contributed by atoms with E-state index in [1.165, 1.54) is 25.7 Å². The Morgan fingerprint density at radius 2 is 2.16 bits per heavy atom. The fraction of sp³-hybridized carbons (Fsp3) is 0.733. The monoisotopic (exact) mass is 261 g/mol. The van der Waals surface area contributed by atoms with E-state index in [9.17, 15) is 0 Å². The molecule has 4 heteroatoms. The van der Waals surface area contributed by atoms with E-state index in [1.807, 2.05) is 20.0 Å². The predicted molar refractivity (Wildman–Crippen MR) is 75.4 cm³/mol. The zero-order chi connectivity index (χ0) is 13.2. The maximum atomic E-state index is 6.04. The van der Waals surface area contributed by atoms with Gasteiger partial charge in [0.15, 0.2) is 0 Å². The number of aryl methyl sites for hydroxylation is 2. The van der Waals surface area contributed by atoms with Crippen molar-refractivity contribution in [2.45, 2.75) is 45.6 Å². The van der Waals surface area contributed by atoms with Crippen LogP contribution in [0.4, 0.5) is 5.82 Å². The quantitative estimate of drug-likeness (QED) is 0.834. The first-order valence-electron chi connectivity index (χ1n) is 7.39. The summed E-state index contributed by atoms with van der Waals surface area (Å²) >= 11 is 0. The minimum Gasteiger partial charge on any atom is -0.376 e. The van der Waals surface area contributed by atoms with Crippen LogP contribution >= 0.6 is 0 Å². The van der Waals surface area contributed by atoms with Crippen LogP contribution in [0, 0.1) is 19.8 Å². The van der Waals surface area contributed by atoms with E-state index < -0.39 is 0 Å². The van der Waals surface area contributed by atoms with E-state index in [1.54, 1.807) is 0 Å². The molecule has 2 aliphatic rings. The fourth-order valence-corrected chi connectivity index (χ4v) is 2.65. The molecule has 1 saturated carbocycles. The average molecular weight is 261 g/mol. The van der Waals surface area contributed by atoms with Gasteiger partial charge in [0.05, 0.1) is 17.5 Å². The van der Waals surface area contributed by atoms with E-state index in [-0.39, 0.29) is 0 Å². The van der Waals surface area contributed by atoms with Crippen molar-refractivity contribution < 1.29 is 4.74 Å². The first-order valence-corrected chi connectivity index (χ1v) is 7.39. The number of hydrogen-bond acceptors (Lipinski definition) is 4. The van der Waals surface area contributed by atoms with Crippen molar-refractivity contribution in [2.24, 2.45) is 5.92 Å². The molecule has 1 unspecified atom stereocenters. The Balaban J connectivity index is 1.64. The average Bonchev–Trinajstić information content (AvgIpc) is 3.24. The molecule has 2 fully saturated rings. The lowest BCUT2D eigenvalue weighted by Gasteiger charge is -2.34. The van der Waals surface area contributed by atoms with Gasteiger partial charge in [0.2, 0.25) is 0 Å². The minimum absolute atomic E-state index is 0.371. The van der Waals surface area contributed by atoms with Gasteiger partial charge in [0.1, 0.15) is 5.82 Å². The highest BCUT2D eigenvalue weighted by molar-refractivity contribution is 5.43. The number of anilines is 1. The van der Waals surface area contributed by atoms with E-state index in [2.05, 4.69) is 14.9 Å². The van der Waals surface area contributed by atoms with Crippen molar-refractivity contribution in [3.63, 3.8) is 0 Å². The van der Waals surface area contributed by atoms with Gasteiger partial charge in [-0.1, -0.05) is 0 Å². The van der Waals surface area contributed by atoms with Crippen molar-refractivity contribution in [2.75, 3.05) is 24.6 Å². The number of nitrogens with zero attached hydrogens (tertiary/aromatic N) is 3. The fourth-order valence-electron chi connectivity index (χ4n) is 2.65. The van der Waals surface area contributed by atoms with Crippen LogP contribution in [0.3, 0.4) is 0 Å². The summed E-state index contributed by atoms with van der Waals surface area (Å²) in [4.78, 5) is 11.4. The summed E-state index contributed by atoms with van der Waals surface area (Å²) < 4.78 is 6.04. The molecule has 19 heavy (non-hydrogen) atoms. The maximum Gasteiger partial charge on any atom is 0.150 e. The summed E-state index contributed by atoms with van der Waals surface area (Å²) in [6, 6.07) is 0. The molecule has 4 nitrogen and oxygen atoms in total. The Morgan fingerprint density at radius 1 is 1.32 bits per heavy atom. The van der Waals surface area contributed by atoms with E-state index >= 15 is 0 Å². The minimum atomic E-state index is 0.371. The van der Waals surface area contributed by atoms with E-state index in [4.69, 9.17) is 4.74 Å². The molecule has 0 N–H and O–H groups in total. The standard InChI is InChI=1S/C15H23N3O/c1-11-8-16-12(2)15(17-11)18-7-3-4-14(9-18)19-10-13-5-6-13/h8,13-14H,3-7,9-10H2,1-2H3. The molecule has 1 atom stereocenters. The first-order chi connectivity index (χ1) is 9.22. The normalized spacial score (nSPS) is 23.7. The Bertz CT molecular complexity index is 445. The first kappa shape index (κ1) is 12.9. The van der Waals surface area contributed by atoms with Gasteiger partial charge < -0.3 is 9.64 Å². The van der Waals surface area contributed by atoms with Crippen molar-refractivity contribution in [1.82, 2.24) is 9.97 Å². The number of hydrogen-bond donors (Lipinski definition) is 0. The van der Waals surface area contributed by atoms with Crippen LogP contribution in [-0.2, 0) is 4.74 Å². The maximum absolute atomic E-state index is 6.04. The summed E-state index contributed by atoms with van der Waals surface area (Å²) in [5.41, 5.74) is 2.01. The summed E-state index contributed by atoms with van der Waals surface area (Å²) in [5.74, 6) is 1.88. The van der Waals surface area contributed by atoms with Gasteiger partial charge in [-0.25, -0.2) is 4.98 Å². The number of rotatable bonds is 4. The third-order valence-electron chi connectivity index (χ3n) is 3.99. The molecule has 3 rings (SSSR count). The molecule has 1 aliphatic carbocycles. The van der Waals surface area contributed by atoms with Gasteiger partial charge in [0.25, 0.3) is 0 Å². The second-order valence-electron chi connectivity index (χ2n) is 5.91. The van der Waals surface area contributed by atoms with Crippen LogP contribution < -0.4 is 4.90 Å². The number of ether oxygens (including phenoxy) is 1. The van der Waals surface area contributed by atoms with Crippen LogP contribution in [0.25, 0.3) is 0 Å². The second-order valence-corrected chi connectivity index (χ2v) is 5.91. The van der Waals surface area contributed by atoms with E-state index in [0.717, 1.165) is 42.8 Å². The molecule has 0 spiro atoms. The lowest BCUT2D eigenvalue weighted by molar-refractivity contribution is 0.0367. The summed E-state index contributed by atoms with van der Waals surface area (Å²) in [7, 11) is 0. The molecule has 1 saturated heterocycles. The number of piperidine rings is 1. The van der Waals surface area contributed by atoms with Gasteiger partial charge in [-0.05, 0) is 45.4 Å². The summed E-state index contributed by atoms with van der Waals surface area (Å²) in [5, 5.41) is 0. The number of aromatic nitrogens is 2. The zero-order valence-electron chi connectivity index (χ0n) is 11.9. The molecule has 2 heterocycles. The Hall–Kier alpha value is -1.16. The largest absolute Gasteiger partial charge is 0.376 e. The van der Waals surface area contributed by atoms with Crippen LogP contribution in [0.15, 0.2) is 6.20 Å². The SMILES string of the molecule is Cc1cnc(C)c(N2CCCC(OCC3CC3)C2)n1. The van der Waals surface area contributed by atoms with Crippen LogP contribution in [0.1, 0.15) is 37.1 Å². The highest BCUT2D eigenvalue weighted by Crippen LogP contribution is 2.30. The van der Waals surface area contributed by atoms with Crippen LogP contribution in [0.5, 0.6) is 0 Å². The molecular formula is C15H23N3O. The van der Waals surface area contributed by atoms with Crippen molar-refractivity contribution in [1.29, 1.82) is 0 Å². The van der Waals surface area contributed by atoms with Crippen molar-refractivity contribution in [3.05, 3.63) is 17.6 Å². The molecule has 0 bridgehead atoms. The third kappa shape index (κ3) is 3.24. The lowest BCUT2D eigenvalue weighted by atomic mass is 10.1. The molecule has 1 aliphatic heterocycles. The Kier molecular flexibility index (Phi) is 3.69. The molecule has 104 valence electrons.